The zero-order chi connectivity index (χ0) is 21.6. The summed E-state index contributed by atoms with van der Waals surface area (Å²) in [7, 11) is 3.74. The number of aryl methyl sites for hydroxylation is 1. The molecular weight excluding hydrogens is 390 g/mol. The average molecular weight is 424 g/mol. The van der Waals surface area contributed by atoms with E-state index >= 15 is 0 Å². The van der Waals surface area contributed by atoms with Gasteiger partial charge in [0.25, 0.3) is 0 Å². The summed E-state index contributed by atoms with van der Waals surface area (Å²) in [6, 6.07) is 8.64. The van der Waals surface area contributed by atoms with E-state index in [9.17, 15) is 4.79 Å². The van der Waals surface area contributed by atoms with Crippen LogP contribution in [0, 0.1) is 0 Å². The molecule has 2 N–H and O–H groups in total. The lowest BCUT2D eigenvalue weighted by Crippen LogP contribution is -2.51. The smallest absolute Gasteiger partial charge is 0.223 e. The fourth-order valence-corrected chi connectivity index (χ4v) is 4.40. The first-order valence-electron chi connectivity index (χ1n) is 11.2. The Morgan fingerprint density at radius 2 is 2.03 bits per heavy atom. The number of fused-ring (bicyclic) bond motifs is 1. The monoisotopic (exact) mass is 423 g/mol. The Labute approximate surface area is 184 Å². The van der Waals surface area contributed by atoms with E-state index in [1.165, 1.54) is 16.8 Å². The normalized spacial score (nSPS) is 18.8. The number of anilines is 1. The molecule has 166 valence electrons. The molecule has 8 nitrogen and oxygen atoms in total. The number of benzene rings is 1. The zero-order valence-corrected chi connectivity index (χ0v) is 18.5. The number of rotatable bonds is 6. The molecule has 0 radical (unpaired) electrons. The number of nitrogens with one attached hydrogen (secondary N) is 2. The minimum atomic E-state index is 0.223. The summed E-state index contributed by atoms with van der Waals surface area (Å²) < 4.78 is 1.84. The van der Waals surface area contributed by atoms with Gasteiger partial charge in [-0.3, -0.25) is 14.5 Å². The Balaban J connectivity index is 1.17. The summed E-state index contributed by atoms with van der Waals surface area (Å²) in [4.78, 5) is 21.2. The van der Waals surface area contributed by atoms with Gasteiger partial charge in [-0.15, -0.1) is 0 Å². The van der Waals surface area contributed by atoms with E-state index in [1.54, 1.807) is 7.05 Å². The summed E-state index contributed by atoms with van der Waals surface area (Å²) >= 11 is 0. The number of hydrogen-bond acceptors (Lipinski definition) is 4. The second kappa shape index (κ2) is 9.85. The molecule has 0 spiro atoms. The molecule has 1 unspecified atom stereocenters. The van der Waals surface area contributed by atoms with Crippen LogP contribution in [0.25, 0.3) is 0 Å². The number of carbonyl (C=O) groups excluding carboxylic acids is 1. The number of aliphatic imine (C=N–C) groups is 1. The highest BCUT2D eigenvalue weighted by atomic mass is 16.2. The summed E-state index contributed by atoms with van der Waals surface area (Å²) in [6.45, 7) is 4.19. The maximum Gasteiger partial charge on any atom is 0.223 e. The van der Waals surface area contributed by atoms with Crippen molar-refractivity contribution in [3.63, 3.8) is 0 Å². The Morgan fingerprint density at radius 3 is 2.71 bits per heavy atom. The van der Waals surface area contributed by atoms with Crippen LogP contribution >= 0.6 is 0 Å². The SMILES string of the molecule is CN=C(NCCCC(=O)N1Cc2ccccc2C1)NC1CCCN(c2cnn(C)c2)C1. The number of nitrogens with zero attached hydrogens (tertiary/aromatic N) is 5. The third-order valence-electron chi connectivity index (χ3n) is 6.10. The second-order valence-corrected chi connectivity index (χ2v) is 8.42. The maximum absolute atomic E-state index is 12.6. The molecule has 1 aromatic heterocycles. The van der Waals surface area contributed by atoms with Gasteiger partial charge >= 0.3 is 0 Å². The number of guanidine groups is 1. The number of hydrogen-bond donors (Lipinski definition) is 2. The third kappa shape index (κ3) is 5.37. The fourth-order valence-electron chi connectivity index (χ4n) is 4.40. The highest BCUT2D eigenvalue weighted by Gasteiger charge is 2.23. The van der Waals surface area contributed by atoms with Crippen molar-refractivity contribution in [3.8, 4) is 0 Å². The van der Waals surface area contributed by atoms with Gasteiger partial charge in [0.1, 0.15) is 0 Å². The lowest BCUT2D eigenvalue weighted by molar-refractivity contribution is -0.131. The minimum Gasteiger partial charge on any atom is -0.367 e. The molecule has 1 fully saturated rings. The van der Waals surface area contributed by atoms with E-state index < -0.39 is 0 Å². The quantitative estimate of drug-likeness (QED) is 0.421. The van der Waals surface area contributed by atoms with Crippen molar-refractivity contribution in [2.75, 3.05) is 31.6 Å². The fraction of sp³-hybridized carbons (Fsp3) is 0.522. The molecule has 1 atom stereocenters. The molecule has 2 aliphatic rings. The summed E-state index contributed by atoms with van der Waals surface area (Å²) in [5.41, 5.74) is 3.71. The lowest BCUT2D eigenvalue weighted by Gasteiger charge is -2.34. The number of amides is 1. The molecule has 0 aliphatic carbocycles. The summed E-state index contributed by atoms with van der Waals surface area (Å²) in [6.07, 6.45) is 7.58. The van der Waals surface area contributed by atoms with Crippen molar-refractivity contribution in [2.45, 2.75) is 44.8 Å². The van der Waals surface area contributed by atoms with E-state index in [0.717, 1.165) is 57.9 Å². The number of carbonyl (C=O) groups is 1. The van der Waals surface area contributed by atoms with E-state index in [2.05, 4.69) is 44.0 Å². The molecule has 1 amide bonds. The Morgan fingerprint density at radius 1 is 1.26 bits per heavy atom. The minimum absolute atomic E-state index is 0.223. The molecule has 0 bridgehead atoms. The maximum atomic E-state index is 12.6. The molecule has 2 aliphatic heterocycles. The zero-order valence-electron chi connectivity index (χ0n) is 18.5. The third-order valence-corrected chi connectivity index (χ3v) is 6.10. The predicted octanol–water partition coefficient (Wildman–Crippen LogP) is 1.88. The molecule has 8 heteroatoms. The van der Waals surface area contributed by atoms with Crippen LogP contribution in [0.15, 0.2) is 41.7 Å². The van der Waals surface area contributed by atoms with Crippen molar-refractivity contribution >= 4 is 17.6 Å². The molecular formula is C23H33N7O. The number of piperidine rings is 1. The molecule has 1 saturated heterocycles. The van der Waals surface area contributed by atoms with Gasteiger partial charge in [-0.05, 0) is 30.4 Å². The Kier molecular flexibility index (Phi) is 6.74. The van der Waals surface area contributed by atoms with Crippen LogP contribution in [-0.2, 0) is 24.9 Å². The van der Waals surface area contributed by atoms with Gasteiger partial charge < -0.3 is 20.4 Å². The first-order chi connectivity index (χ1) is 15.1. The van der Waals surface area contributed by atoms with Gasteiger partial charge in [0.15, 0.2) is 5.96 Å². The van der Waals surface area contributed by atoms with Crippen LogP contribution in [0.4, 0.5) is 5.69 Å². The van der Waals surface area contributed by atoms with Crippen LogP contribution in [0.3, 0.4) is 0 Å². The van der Waals surface area contributed by atoms with Crippen LogP contribution in [0.5, 0.6) is 0 Å². The van der Waals surface area contributed by atoms with Crippen LogP contribution < -0.4 is 15.5 Å². The van der Waals surface area contributed by atoms with Gasteiger partial charge in [0, 0.05) is 65.5 Å². The van der Waals surface area contributed by atoms with E-state index in [4.69, 9.17) is 0 Å². The standard InChI is InChI=1S/C23H33N7O/c1-24-23(27-20-9-6-12-29(16-20)21-13-26-28(2)17-21)25-11-5-10-22(31)30-14-18-7-3-4-8-19(18)15-30/h3-4,7-8,13,17,20H,5-6,9-12,14-16H2,1-2H3,(H2,24,25,27). The molecule has 0 saturated carbocycles. The first kappa shape index (κ1) is 21.2. The highest BCUT2D eigenvalue weighted by molar-refractivity contribution is 5.80. The van der Waals surface area contributed by atoms with E-state index in [-0.39, 0.29) is 5.91 Å². The van der Waals surface area contributed by atoms with Crippen molar-refractivity contribution in [1.29, 1.82) is 0 Å². The topological polar surface area (TPSA) is 77.8 Å². The van der Waals surface area contributed by atoms with Crippen LogP contribution in [0.2, 0.25) is 0 Å². The largest absolute Gasteiger partial charge is 0.367 e. The summed E-state index contributed by atoms with van der Waals surface area (Å²) in [5.74, 6) is 1.03. The summed E-state index contributed by atoms with van der Waals surface area (Å²) in [5, 5.41) is 11.2. The van der Waals surface area contributed by atoms with Crippen molar-refractivity contribution in [2.24, 2.45) is 12.0 Å². The first-order valence-corrected chi connectivity index (χ1v) is 11.2. The van der Waals surface area contributed by atoms with Crippen molar-refractivity contribution in [3.05, 3.63) is 47.8 Å². The lowest BCUT2D eigenvalue weighted by atomic mass is 10.1. The van der Waals surface area contributed by atoms with Gasteiger partial charge in [0.05, 0.1) is 11.9 Å². The van der Waals surface area contributed by atoms with Gasteiger partial charge in [-0.2, -0.15) is 5.10 Å². The Bertz CT molecular complexity index is 897. The predicted molar refractivity (Wildman–Crippen MR) is 123 cm³/mol. The van der Waals surface area contributed by atoms with Gasteiger partial charge in [-0.25, -0.2) is 0 Å². The van der Waals surface area contributed by atoms with Crippen molar-refractivity contribution < 1.29 is 4.79 Å². The number of aromatic nitrogens is 2. The van der Waals surface area contributed by atoms with Crippen LogP contribution in [-0.4, -0.2) is 59.3 Å². The highest BCUT2D eigenvalue weighted by Crippen LogP contribution is 2.23. The average Bonchev–Trinajstić information content (AvgIpc) is 3.42. The van der Waals surface area contributed by atoms with E-state index in [1.807, 2.05) is 35.0 Å². The van der Waals surface area contributed by atoms with Gasteiger partial charge in [-0.1, -0.05) is 24.3 Å². The van der Waals surface area contributed by atoms with Gasteiger partial charge in [0.2, 0.25) is 5.91 Å². The van der Waals surface area contributed by atoms with E-state index in [0.29, 0.717) is 12.5 Å². The molecule has 3 heterocycles. The van der Waals surface area contributed by atoms with Crippen LogP contribution in [0.1, 0.15) is 36.8 Å². The Hall–Kier alpha value is -3.03. The van der Waals surface area contributed by atoms with Crippen molar-refractivity contribution in [1.82, 2.24) is 25.3 Å². The molecule has 4 rings (SSSR count). The molecule has 31 heavy (non-hydrogen) atoms. The molecule has 2 aromatic rings. The molecule has 1 aromatic carbocycles. The second-order valence-electron chi connectivity index (χ2n) is 8.42.